The fourth-order valence-electron chi connectivity index (χ4n) is 0.915. The van der Waals surface area contributed by atoms with Crippen molar-refractivity contribution in [3.8, 4) is 0 Å². The number of hydrogen-bond donors (Lipinski definition) is 1. The monoisotopic (exact) mass is 185 g/mol. The van der Waals surface area contributed by atoms with Crippen molar-refractivity contribution < 1.29 is 9.53 Å². The van der Waals surface area contributed by atoms with Crippen LogP contribution in [0.1, 0.15) is 40.0 Å². The molecule has 0 heterocycles. The van der Waals surface area contributed by atoms with Crippen LogP contribution in [-0.2, 0) is 9.53 Å². The molecule has 0 amide bonds. The molecule has 0 saturated carbocycles. The lowest BCUT2D eigenvalue weighted by molar-refractivity contribution is -0.144. The van der Waals surface area contributed by atoms with Gasteiger partial charge in [0, 0.05) is 5.57 Å². The molecule has 0 aromatic carbocycles. The summed E-state index contributed by atoms with van der Waals surface area (Å²) in [7, 11) is 0. The van der Waals surface area contributed by atoms with Crippen LogP contribution in [0.2, 0.25) is 0 Å². The lowest BCUT2D eigenvalue weighted by atomic mass is 10.2. The van der Waals surface area contributed by atoms with Gasteiger partial charge < -0.3 is 4.74 Å². The van der Waals surface area contributed by atoms with Crippen molar-refractivity contribution in [2.75, 3.05) is 0 Å². The summed E-state index contributed by atoms with van der Waals surface area (Å²) in [5.41, 5.74) is 6.21. The maximum absolute atomic E-state index is 11.4. The number of esters is 1. The van der Waals surface area contributed by atoms with Gasteiger partial charge in [-0.2, -0.15) is 0 Å². The molecule has 0 aromatic heterocycles. The van der Waals surface area contributed by atoms with Gasteiger partial charge in [0.05, 0.1) is 0 Å². The van der Waals surface area contributed by atoms with E-state index in [4.69, 9.17) is 10.5 Å². The summed E-state index contributed by atoms with van der Waals surface area (Å²) in [6.45, 7) is 5.80. The van der Waals surface area contributed by atoms with Crippen molar-refractivity contribution in [3.05, 3.63) is 11.6 Å². The van der Waals surface area contributed by atoms with Gasteiger partial charge in [-0.15, -0.1) is 0 Å². The number of carbonyl (C=O) groups excluding carboxylic acids is 1. The molecule has 3 heteroatoms. The number of allylic oxidation sites excluding steroid dienone is 1. The molecular formula is C10H19NO2. The molecule has 0 aliphatic carbocycles. The van der Waals surface area contributed by atoms with E-state index in [9.17, 15) is 4.79 Å². The second kappa shape index (κ2) is 6.66. The van der Waals surface area contributed by atoms with E-state index >= 15 is 0 Å². The molecule has 1 atom stereocenters. The molecular weight excluding hydrogens is 166 g/mol. The second-order valence-corrected chi connectivity index (χ2v) is 2.84. The third kappa shape index (κ3) is 4.68. The average molecular weight is 185 g/mol. The highest BCUT2D eigenvalue weighted by Crippen LogP contribution is 2.06. The summed E-state index contributed by atoms with van der Waals surface area (Å²) in [6, 6.07) is 0. The smallest absolute Gasteiger partial charge is 0.335 e. The van der Waals surface area contributed by atoms with E-state index in [-0.39, 0.29) is 5.97 Å². The maximum Gasteiger partial charge on any atom is 0.335 e. The molecule has 0 aromatic rings. The van der Waals surface area contributed by atoms with Crippen LogP contribution in [0.3, 0.4) is 0 Å². The summed E-state index contributed by atoms with van der Waals surface area (Å²) in [5, 5.41) is 0. The van der Waals surface area contributed by atoms with Gasteiger partial charge in [-0.05, 0) is 19.3 Å². The maximum atomic E-state index is 11.4. The molecule has 2 N–H and O–H groups in total. The summed E-state index contributed by atoms with van der Waals surface area (Å²) in [4.78, 5) is 11.4. The first kappa shape index (κ1) is 12.2. The number of nitrogens with two attached hydrogens (primary N) is 1. The van der Waals surface area contributed by atoms with Gasteiger partial charge in [0.15, 0.2) is 6.23 Å². The zero-order valence-corrected chi connectivity index (χ0v) is 8.67. The van der Waals surface area contributed by atoms with Crippen LogP contribution >= 0.6 is 0 Å². The van der Waals surface area contributed by atoms with Gasteiger partial charge in [-0.1, -0.05) is 26.8 Å². The van der Waals surface area contributed by atoms with Crippen molar-refractivity contribution in [1.82, 2.24) is 0 Å². The van der Waals surface area contributed by atoms with Crippen LogP contribution in [0, 0.1) is 0 Å². The Bertz CT molecular complexity index is 187. The van der Waals surface area contributed by atoms with Gasteiger partial charge in [0.1, 0.15) is 0 Å². The quantitative estimate of drug-likeness (QED) is 0.405. The summed E-state index contributed by atoms with van der Waals surface area (Å²) in [6.07, 6.45) is 3.60. The number of ether oxygens (including phenoxy) is 1. The minimum atomic E-state index is -0.473. The number of rotatable bonds is 5. The fraction of sp³-hybridized carbons (Fsp3) is 0.700. The Balaban J connectivity index is 4.14. The molecule has 0 bridgehead atoms. The first-order valence-corrected chi connectivity index (χ1v) is 4.81. The molecule has 3 nitrogen and oxygen atoms in total. The Labute approximate surface area is 79.9 Å². The van der Waals surface area contributed by atoms with Gasteiger partial charge in [0.2, 0.25) is 0 Å². The topological polar surface area (TPSA) is 52.3 Å². The first-order chi connectivity index (χ1) is 6.15. The van der Waals surface area contributed by atoms with E-state index in [1.165, 1.54) is 0 Å². The van der Waals surface area contributed by atoms with E-state index < -0.39 is 6.23 Å². The van der Waals surface area contributed by atoms with E-state index in [0.717, 1.165) is 6.42 Å². The largest absolute Gasteiger partial charge is 0.443 e. The predicted molar refractivity (Wildman–Crippen MR) is 53.0 cm³/mol. The molecule has 1 unspecified atom stereocenters. The third-order valence-corrected chi connectivity index (χ3v) is 1.75. The first-order valence-electron chi connectivity index (χ1n) is 4.81. The van der Waals surface area contributed by atoms with Crippen molar-refractivity contribution in [3.63, 3.8) is 0 Å². The van der Waals surface area contributed by atoms with Gasteiger partial charge in [-0.25, -0.2) is 4.79 Å². The molecule has 0 saturated heterocycles. The minimum absolute atomic E-state index is 0.279. The number of hydrogen-bond acceptors (Lipinski definition) is 3. The summed E-state index contributed by atoms with van der Waals surface area (Å²) in [5.74, 6) is -0.279. The SMILES string of the molecule is CC/C=C(\CC)C(=O)OC(N)CC. The second-order valence-electron chi connectivity index (χ2n) is 2.84. The predicted octanol–water partition coefficient (Wildman–Crippen LogP) is 1.97. The van der Waals surface area contributed by atoms with Crippen molar-refractivity contribution >= 4 is 5.97 Å². The Morgan fingerprint density at radius 2 is 2.08 bits per heavy atom. The standard InChI is InChI=1S/C10H19NO2/c1-4-7-8(5-2)10(12)13-9(11)6-3/h7,9H,4-6,11H2,1-3H3/b8-7+. The van der Waals surface area contributed by atoms with Crippen LogP contribution in [-0.4, -0.2) is 12.2 Å². The van der Waals surface area contributed by atoms with Gasteiger partial charge in [0.25, 0.3) is 0 Å². The lowest BCUT2D eigenvalue weighted by Crippen LogP contribution is -2.26. The summed E-state index contributed by atoms with van der Waals surface area (Å²) < 4.78 is 4.98. The zero-order chi connectivity index (χ0) is 10.3. The van der Waals surface area contributed by atoms with E-state index in [0.29, 0.717) is 18.4 Å². The highest BCUT2D eigenvalue weighted by molar-refractivity contribution is 5.88. The number of carbonyl (C=O) groups is 1. The van der Waals surface area contributed by atoms with Crippen LogP contribution in [0.5, 0.6) is 0 Å². The Morgan fingerprint density at radius 3 is 2.46 bits per heavy atom. The van der Waals surface area contributed by atoms with E-state index in [1.54, 1.807) is 0 Å². The molecule has 13 heavy (non-hydrogen) atoms. The van der Waals surface area contributed by atoms with E-state index in [2.05, 4.69) is 0 Å². The van der Waals surface area contributed by atoms with Gasteiger partial charge >= 0.3 is 5.97 Å². The molecule has 0 rings (SSSR count). The molecule has 76 valence electrons. The Hall–Kier alpha value is -0.830. The molecule has 0 radical (unpaired) electrons. The highest BCUT2D eigenvalue weighted by atomic mass is 16.6. The molecule has 0 aliphatic rings. The third-order valence-electron chi connectivity index (χ3n) is 1.75. The van der Waals surface area contributed by atoms with Crippen LogP contribution in [0.25, 0.3) is 0 Å². The normalized spacial score (nSPS) is 14.0. The zero-order valence-electron chi connectivity index (χ0n) is 8.67. The van der Waals surface area contributed by atoms with Crippen molar-refractivity contribution in [1.29, 1.82) is 0 Å². The Kier molecular flexibility index (Phi) is 6.24. The Morgan fingerprint density at radius 1 is 1.46 bits per heavy atom. The van der Waals surface area contributed by atoms with Crippen molar-refractivity contribution in [2.24, 2.45) is 5.73 Å². The lowest BCUT2D eigenvalue weighted by Gasteiger charge is -2.11. The van der Waals surface area contributed by atoms with Gasteiger partial charge in [-0.3, -0.25) is 5.73 Å². The highest BCUT2D eigenvalue weighted by Gasteiger charge is 2.11. The van der Waals surface area contributed by atoms with Crippen LogP contribution < -0.4 is 5.73 Å². The molecule has 0 spiro atoms. The summed E-state index contributed by atoms with van der Waals surface area (Å²) >= 11 is 0. The molecule has 0 fully saturated rings. The van der Waals surface area contributed by atoms with Crippen LogP contribution in [0.15, 0.2) is 11.6 Å². The minimum Gasteiger partial charge on any atom is -0.443 e. The van der Waals surface area contributed by atoms with E-state index in [1.807, 2.05) is 26.8 Å². The van der Waals surface area contributed by atoms with Crippen molar-refractivity contribution in [2.45, 2.75) is 46.3 Å². The average Bonchev–Trinajstić information content (AvgIpc) is 2.13. The molecule has 0 aliphatic heterocycles. The van der Waals surface area contributed by atoms with Crippen LogP contribution in [0.4, 0.5) is 0 Å². The fourth-order valence-corrected chi connectivity index (χ4v) is 0.915.